The van der Waals surface area contributed by atoms with Crippen molar-refractivity contribution in [1.82, 2.24) is 0 Å². The first-order valence-electron chi connectivity index (χ1n) is 3.37. The molecule has 0 unspecified atom stereocenters. The molecule has 9 heteroatoms. The average molecular weight is 248 g/mol. The molecular formula is C6H7F3O5S. The number of halogens is 3. The summed E-state index contributed by atoms with van der Waals surface area (Å²) in [4.78, 5) is 10.5. The van der Waals surface area contributed by atoms with E-state index in [-0.39, 0.29) is 0 Å². The van der Waals surface area contributed by atoms with Crippen LogP contribution in [0, 0.1) is 0 Å². The normalized spacial score (nSPS) is 13.5. The number of carbonyl (C=O) groups excluding carboxylic acids is 1. The number of rotatable bonds is 3. The van der Waals surface area contributed by atoms with Gasteiger partial charge in [0.25, 0.3) is 0 Å². The quantitative estimate of drug-likeness (QED) is 0.244. The Morgan fingerprint density at radius 2 is 1.80 bits per heavy atom. The van der Waals surface area contributed by atoms with Gasteiger partial charge in [-0.1, -0.05) is 0 Å². The smallest absolute Gasteiger partial charge is 0.466 e. The van der Waals surface area contributed by atoms with Gasteiger partial charge in [-0.2, -0.15) is 21.6 Å². The number of allylic oxidation sites excluding steroid dienone is 1. The van der Waals surface area contributed by atoms with E-state index in [1.807, 2.05) is 0 Å². The summed E-state index contributed by atoms with van der Waals surface area (Å²) in [6.07, 6.45) is 0.475. The summed E-state index contributed by atoms with van der Waals surface area (Å²) < 4.78 is 63.7. The fourth-order valence-corrected chi connectivity index (χ4v) is 0.958. The van der Waals surface area contributed by atoms with E-state index < -0.39 is 27.4 Å². The van der Waals surface area contributed by atoms with Crippen LogP contribution in [-0.4, -0.2) is 27.0 Å². The van der Waals surface area contributed by atoms with Gasteiger partial charge in [-0.25, -0.2) is 4.79 Å². The van der Waals surface area contributed by atoms with E-state index in [0.29, 0.717) is 6.08 Å². The summed E-state index contributed by atoms with van der Waals surface area (Å²) >= 11 is 0. The molecule has 0 amide bonds. The van der Waals surface area contributed by atoms with Crippen molar-refractivity contribution in [2.75, 3.05) is 7.11 Å². The Morgan fingerprint density at radius 3 is 2.13 bits per heavy atom. The number of ether oxygens (including phenoxy) is 1. The van der Waals surface area contributed by atoms with Crippen LogP contribution < -0.4 is 0 Å². The number of esters is 1. The molecule has 0 aromatic rings. The van der Waals surface area contributed by atoms with Gasteiger partial charge in [-0.05, 0) is 6.92 Å². The summed E-state index contributed by atoms with van der Waals surface area (Å²) in [6.45, 7) is 0.875. The third kappa shape index (κ3) is 4.19. The minimum atomic E-state index is -5.73. The zero-order chi connectivity index (χ0) is 12.3. The van der Waals surface area contributed by atoms with Gasteiger partial charge in [-0.3, -0.25) is 0 Å². The molecule has 0 atom stereocenters. The Kier molecular flexibility index (Phi) is 4.14. The first-order chi connectivity index (χ1) is 6.60. The topological polar surface area (TPSA) is 69.7 Å². The SMILES string of the molecule is COC(=O)C=C(C)OS(=O)(=O)C(F)(F)F. The highest BCUT2D eigenvalue weighted by Gasteiger charge is 2.48. The Morgan fingerprint density at radius 1 is 1.33 bits per heavy atom. The van der Waals surface area contributed by atoms with E-state index >= 15 is 0 Å². The second-order valence-corrected chi connectivity index (χ2v) is 3.80. The van der Waals surface area contributed by atoms with Crippen LogP contribution in [0.25, 0.3) is 0 Å². The maximum Gasteiger partial charge on any atom is 0.534 e. The van der Waals surface area contributed by atoms with Gasteiger partial charge in [0.15, 0.2) is 0 Å². The Balaban J connectivity index is 4.78. The standard InChI is InChI=1S/C6H7F3O5S/c1-4(3-5(10)13-2)14-15(11,12)6(7,8)9/h3H,1-2H3. The molecule has 0 saturated carbocycles. The monoisotopic (exact) mass is 248 g/mol. The fraction of sp³-hybridized carbons (Fsp3) is 0.500. The van der Waals surface area contributed by atoms with Gasteiger partial charge < -0.3 is 8.92 Å². The van der Waals surface area contributed by atoms with E-state index in [1.165, 1.54) is 0 Å². The lowest BCUT2D eigenvalue weighted by Crippen LogP contribution is -2.25. The van der Waals surface area contributed by atoms with E-state index in [4.69, 9.17) is 0 Å². The van der Waals surface area contributed by atoms with E-state index in [9.17, 15) is 26.4 Å². The summed E-state index contributed by atoms with van der Waals surface area (Å²) in [5.74, 6) is -1.76. The molecule has 0 aliphatic carbocycles. The summed E-state index contributed by atoms with van der Waals surface area (Å²) in [6, 6.07) is 0. The Bertz CT molecular complexity index is 367. The van der Waals surface area contributed by atoms with E-state index in [1.54, 1.807) is 0 Å². The van der Waals surface area contributed by atoms with E-state index in [2.05, 4.69) is 8.92 Å². The molecule has 0 aromatic carbocycles. The average Bonchev–Trinajstić information content (AvgIpc) is 2.00. The zero-order valence-corrected chi connectivity index (χ0v) is 8.48. The molecule has 0 heterocycles. The maximum absolute atomic E-state index is 11.8. The highest BCUT2D eigenvalue weighted by atomic mass is 32.2. The first kappa shape index (κ1) is 13.8. The number of carbonyl (C=O) groups is 1. The van der Waals surface area contributed by atoms with Gasteiger partial charge in [0.05, 0.1) is 13.2 Å². The molecule has 0 N–H and O–H groups in total. The molecule has 0 saturated heterocycles. The lowest BCUT2D eigenvalue weighted by molar-refractivity contribution is -0.135. The minimum Gasteiger partial charge on any atom is -0.466 e. The molecule has 88 valence electrons. The van der Waals surface area contributed by atoms with Gasteiger partial charge >= 0.3 is 21.6 Å². The molecule has 0 spiro atoms. The summed E-state index contributed by atoms with van der Waals surface area (Å²) in [7, 11) is -4.75. The molecule has 0 aromatic heterocycles. The molecule has 0 rings (SSSR count). The molecule has 0 aliphatic rings. The highest BCUT2D eigenvalue weighted by Crippen LogP contribution is 2.26. The molecule has 0 radical (unpaired) electrons. The van der Waals surface area contributed by atoms with Crippen LogP contribution in [0.15, 0.2) is 11.8 Å². The van der Waals surface area contributed by atoms with Crippen molar-refractivity contribution in [3.63, 3.8) is 0 Å². The second kappa shape index (κ2) is 4.51. The van der Waals surface area contributed by atoms with Crippen LogP contribution in [0.4, 0.5) is 13.2 Å². The molecule has 5 nitrogen and oxygen atoms in total. The predicted octanol–water partition coefficient (Wildman–Crippen LogP) is 0.929. The number of hydrogen-bond acceptors (Lipinski definition) is 5. The Labute approximate surface area is 83.6 Å². The van der Waals surface area contributed by atoms with Crippen LogP contribution >= 0.6 is 0 Å². The van der Waals surface area contributed by atoms with Crippen molar-refractivity contribution < 1.29 is 35.3 Å². The van der Waals surface area contributed by atoms with Crippen molar-refractivity contribution in [3.05, 3.63) is 11.8 Å². The van der Waals surface area contributed by atoms with Crippen LogP contribution in [0.5, 0.6) is 0 Å². The highest BCUT2D eigenvalue weighted by molar-refractivity contribution is 7.87. The van der Waals surface area contributed by atoms with Crippen LogP contribution in [0.3, 0.4) is 0 Å². The fourth-order valence-electron chi connectivity index (χ4n) is 0.469. The molecule has 0 bridgehead atoms. The molecular weight excluding hydrogens is 241 g/mol. The molecule has 15 heavy (non-hydrogen) atoms. The summed E-state index contributed by atoms with van der Waals surface area (Å²) in [5, 5.41) is 0. The van der Waals surface area contributed by atoms with Crippen LogP contribution in [0.2, 0.25) is 0 Å². The predicted molar refractivity (Wildman–Crippen MR) is 41.8 cm³/mol. The molecule has 0 fully saturated rings. The van der Waals surface area contributed by atoms with Gasteiger partial charge in [0, 0.05) is 0 Å². The Hall–Kier alpha value is -1.25. The van der Waals surface area contributed by atoms with Crippen molar-refractivity contribution in [2.45, 2.75) is 12.4 Å². The first-order valence-corrected chi connectivity index (χ1v) is 4.78. The minimum absolute atomic E-state index is 0.475. The number of alkyl halides is 3. The number of methoxy groups -OCH3 is 1. The van der Waals surface area contributed by atoms with Crippen molar-refractivity contribution in [1.29, 1.82) is 0 Å². The van der Waals surface area contributed by atoms with Crippen molar-refractivity contribution >= 4 is 16.1 Å². The maximum atomic E-state index is 11.8. The van der Waals surface area contributed by atoms with Crippen molar-refractivity contribution in [2.24, 2.45) is 0 Å². The largest absolute Gasteiger partial charge is 0.534 e. The number of hydrogen-bond donors (Lipinski definition) is 0. The molecule has 0 aliphatic heterocycles. The lowest BCUT2D eigenvalue weighted by atomic mass is 10.5. The van der Waals surface area contributed by atoms with Crippen LogP contribution in [0.1, 0.15) is 6.92 Å². The van der Waals surface area contributed by atoms with Gasteiger partial charge in [0.1, 0.15) is 5.76 Å². The lowest BCUT2D eigenvalue weighted by Gasteiger charge is -2.08. The van der Waals surface area contributed by atoms with Crippen LogP contribution in [-0.2, 0) is 23.8 Å². The van der Waals surface area contributed by atoms with Gasteiger partial charge in [0.2, 0.25) is 0 Å². The van der Waals surface area contributed by atoms with Gasteiger partial charge in [-0.15, -0.1) is 0 Å². The summed E-state index contributed by atoms with van der Waals surface area (Å²) in [5.41, 5.74) is -5.53. The third-order valence-electron chi connectivity index (χ3n) is 1.05. The second-order valence-electron chi connectivity index (χ2n) is 2.26. The van der Waals surface area contributed by atoms with E-state index in [0.717, 1.165) is 14.0 Å². The van der Waals surface area contributed by atoms with Crippen molar-refractivity contribution in [3.8, 4) is 0 Å². The third-order valence-corrected chi connectivity index (χ3v) is 2.10. The zero-order valence-electron chi connectivity index (χ0n) is 7.66.